The number of carbonyl (C=O) groups excluding carboxylic acids is 1. The monoisotopic (exact) mass is 441 g/mol. The van der Waals surface area contributed by atoms with Gasteiger partial charge in [0.05, 0.1) is 6.61 Å². The number of amides is 1. The van der Waals surface area contributed by atoms with E-state index in [0.717, 1.165) is 13.1 Å². The summed E-state index contributed by atoms with van der Waals surface area (Å²) < 4.78 is 5.04. The van der Waals surface area contributed by atoms with Gasteiger partial charge in [-0.2, -0.15) is 0 Å². The molecule has 1 amide bonds. The van der Waals surface area contributed by atoms with Crippen LogP contribution in [0, 0.1) is 0 Å². The van der Waals surface area contributed by atoms with Gasteiger partial charge in [-0.1, -0.05) is 6.92 Å². The van der Waals surface area contributed by atoms with Crippen molar-refractivity contribution in [2.45, 2.75) is 25.8 Å². The number of rotatable bonds is 8. The highest BCUT2D eigenvalue weighted by molar-refractivity contribution is 14.0. The van der Waals surface area contributed by atoms with Crippen LogP contribution in [0.1, 0.15) is 19.8 Å². The highest BCUT2D eigenvalue weighted by Gasteiger charge is 2.22. The first-order valence-electron chi connectivity index (χ1n) is 8.03. The number of methoxy groups -OCH3 is 1. The summed E-state index contributed by atoms with van der Waals surface area (Å²) >= 11 is 0. The molecule has 0 bridgehead atoms. The molecule has 0 aromatic rings. The van der Waals surface area contributed by atoms with Gasteiger partial charge in [0.15, 0.2) is 5.96 Å². The van der Waals surface area contributed by atoms with Crippen molar-refractivity contribution >= 4 is 35.8 Å². The Kier molecular flexibility index (Phi) is 12.4. The standard InChI is InChI=1S/C15H31N5O2.HI/c1-5-20-9-6-7-13(20)11-17-15(16-8-10-22-4)18-12-14(21)19(2)3;/h13H,5-12H2,1-4H3,(H2,16,17,18);1H. The van der Waals surface area contributed by atoms with Crippen molar-refractivity contribution in [3.63, 3.8) is 0 Å². The summed E-state index contributed by atoms with van der Waals surface area (Å²) in [5.41, 5.74) is 0. The molecule has 2 N–H and O–H groups in total. The molecule has 0 aromatic heterocycles. The molecule has 0 saturated carbocycles. The molecule has 0 spiro atoms. The van der Waals surface area contributed by atoms with E-state index in [2.05, 4.69) is 27.4 Å². The smallest absolute Gasteiger partial charge is 0.243 e. The minimum atomic E-state index is -0.0103. The Balaban J connectivity index is 0.00000484. The van der Waals surface area contributed by atoms with E-state index in [1.807, 2.05) is 0 Å². The second-order valence-electron chi connectivity index (χ2n) is 5.68. The lowest BCUT2D eigenvalue weighted by Crippen LogP contribution is -2.46. The molecule has 136 valence electrons. The third-order valence-electron chi connectivity index (χ3n) is 3.88. The van der Waals surface area contributed by atoms with Crippen molar-refractivity contribution in [3.05, 3.63) is 0 Å². The van der Waals surface area contributed by atoms with Gasteiger partial charge in [0, 0.05) is 40.3 Å². The summed E-state index contributed by atoms with van der Waals surface area (Å²) in [6.07, 6.45) is 2.46. The molecule has 7 nitrogen and oxygen atoms in total. The number of aliphatic imine (C=N–C) groups is 1. The first-order valence-corrected chi connectivity index (χ1v) is 8.03. The average Bonchev–Trinajstić information content (AvgIpc) is 2.96. The largest absolute Gasteiger partial charge is 0.383 e. The van der Waals surface area contributed by atoms with Gasteiger partial charge in [0.2, 0.25) is 5.91 Å². The number of nitrogens with one attached hydrogen (secondary N) is 2. The maximum atomic E-state index is 11.7. The molecule has 1 aliphatic heterocycles. The summed E-state index contributed by atoms with van der Waals surface area (Å²) in [4.78, 5) is 20.0. The normalized spacial score (nSPS) is 18.4. The number of guanidine groups is 1. The summed E-state index contributed by atoms with van der Waals surface area (Å²) in [5.74, 6) is 0.666. The molecule has 1 unspecified atom stereocenters. The zero-order chi connectivity index (χ0) is 16.4. The zero-order valence-electron chi connectivity index (χ0n) is 14.8. The van der Waals surface area contributed by atoms with Crippen molar-refractivity contribution < 1.29 is 9.53 Å². The number of likely N-dealkylation sites (N-methyl/N-ethyl adjacent to an activating group) is 2. The number of hydrogen-bond acceptors (Lipinski definition) is 4. The van der Waals surface area contributed by atoms with E-state index in [1.54, 1.807) is 26.1 Å². The van der Waals surface area contributed by atoms with Crippen molar-refractivity contribution in [2.24, 2.45) is 4.99 Å². The maximum Gasteiger partial charge on any atom is 0.243 e. The Hall–Kier alpha value is -0.610. The van der Waals surface area contributed by atoms with Crippen LogP contribution in [0.5, 0.6) is 0 Å². The van der Waals surface area contributed by atoms with Gasteiger partial charge in [-0.25, -0.2) is 4.99 Å². The van der Waals surface area contributed by atoms with E-state index < -0.39 is 0 Å². The highest BCUT2D eigenvalue weighted by atomic mass is 127. The second kappa shape index (κ2) is 12.8. The molecular weight excluding hydrogens is 409 g/mol. The van der Waals surface area contributed by atoms with E-state index in [9.17, 15) is 4.79 Å². The first-order chi connectivity index (χ1) is 10.6. The highest BCUT2D eigenvalue weighted by Crippen LogP contribution is 2.15. The van der Waals surface area contributed by atoms with Gasteiger partial charge in [-0.15, -0.1) is 24.0 Å². The Bertz CT molecular complexity index is 366. The summed E-state index contributed by atoms with van der Waals surface area (Å²) in [5, 5.41) is 6.55. The van der Waals surface area contributed by atoms with Gasteiger partial charge in [0.1, 0.15) is 6.54 Å². The molecule has 23 heavy (non-hydrogen) atoms. The Morgan fingerprint density at radius 1 is 1.39 bits per heavy atom. The topological polar surface area (TPSA) is 69.2 Å². The summed E-state index contributed by atoms with van der Waals surface area (Å²) in [6.45, 7) is 6.72. The second-order valence-corrected chi connectivity index (χ2v) is 5.68. The van der Waals surface area contributed by atoms with E-state index in [-0.39, 0.29) is 36.4 Å². The zero-order valence-corrected chi connectivity index (χ0v) is 17.1. The number of ether oxygens (including phenoxy) is 1. The van der Waals surface area contributed by atoms with E-state index in [4.69, 9.17) is 4.74 Å². The van der Waals surface area contributed by atoms with Crippen LogP contribution in [0.15, 0.2) is 4.99 Å². The van der Waals surface area contributed by atoms with Gasteiger partial charge >= 0.3 is 0 Å². The Morgan fingerprint density at radius 3 is 2.74 bits per heavy atom. The molecular formula is C15H32IN5O2. The minimum absolute atomic E-state index is 0. The lowest BCUT2D eigenvalue weighted by molar-refractivity contribution is -0.127. The van der Waals surface area contributed by atoms with Gasteiger partial charge in [-0.3, -0.25) is 9.69 Å². The van der Waals surface area contributed by atoms with Crippen LogP contribution in [0.4, 0.5) is 0 Å². The molecule has 1 saturated heterocycles. The fourth-order valence-electron chi connectivity index (χ4n) is 2.49. The van der Waals surface area contributed by atoms with E-state index >= 15 is 0 Å². The van der Waals surface area contributed by atoms with Crippen molar-refractivity contribution in [2.75, 3.05) is 60.5 Å². The SMILES string of the molecule is CCN1CCCC1CNC(=NCC(=O)N(C)C)NCCOC.I. The summed E-state index contributed by atoms with van der Waals surface area (Å²) in [6, 6.07) is 0.545. The quantitative estimate of drug-likeness (QED) is 0.247. The molecule has 0 aromatic carbocycles. The van der Waals surface area contributed by atoms with Crippen molar-refractivity contribution in [1.29, 1.82) is 0 Å². The molecule has 0 aliphatic carbocycles. The molecule has 1 aliphatic rings. The van der Waals surface area contributed by atoms with Crippen molar-refractivity contribution in [1.82, 2.24) is 20.4 Å². The van der Waals surface area contributed by atoms with E-state index in [1.165, 1.54) is 19.4 Å². The van der Waals surface area contributed by atoms with Crippen LogP contribution in [0.25, 0.3) is 0 Å². The third-order valence-corrected chi connectivity index (χ3v) is 3.88. The molecule has 1 fully saturated rings. The van der Waals surface area contributed by atoms with Crippen LogP contribution < -0.4 is 10.6 Å². The predicted octanol–water partition coefficient (Wildman–Crippen LogP) is 0.359. The molecule has 1 rings (SSSR count). The Labute approximate surface area is 157 Å². The molecule has 1 heterocycles. The summed E-state index contributed by atoms with van der Waals surface area (Å²) in [7, 11) is 5.14. The number of likely N-dealkylation sites (tertiary alicyclic amines) is 1. The van der Waals surface area contributed by atoms with Crippen LogP contribution in [0.2, 0.25) is 0 Å². The lowest BCUT2D eigenvalue weighted by atomic mass is 10.2. The number of carbonyl (C=O) groups is 1. The third kappa shape index (κ3) is 8.71. The molecule has 8 heteroatoms. The Morgan fingerprint density at radius 2 is 2.13 bits per heavy atom. The van der Waals surface area contributed by atoms with Crippen LogP contribution in [-0.2, 0) is 9.53 Å². The van der Waals surface area contributed by atoms with Crippen molar-refractivity contribution in [3.8, 4) is 0 Å². The molecule has 1 atom stereocenters. The molecule has 0 radical (unpaired) electrons. The van der Waals surface area contributed by atoms with Gasteiger partial charge in [0.25, 0.3) is 0 Å². The van der Waals surface area contributed by atoms with Crippen LogP contribution >= 0.6 is 24.0 Å². The first kappa shape index (κ1) is 22.4. The number of hydrogen-bond donors (Lipinski definition) is 2. The predicted molar refractivity (Wildman–Crippen MR) is 105 cm³/mol. The average molecular weight is 441 g/mol. The minimum Gasteiger partial charge on any atom is -0.383 e. The van der Waals surface area contributed by atoms with Gasteiger partial charge in [-0.05, 0) is 25.9 Å². The van der Waals surface area contributed by atoms with Crippen LogP contribution in [0.3, 0.4) is 0 Å². The van der Waals surface area contributed by atoms with Gasteiger partial charge < -0.3 is 20.3 Å². The van der Waals surface area contributed by atoms with Crippen LogP contribution in [-0.4, -0.2) is 88.2 Å². The fourth-order valence-corrected chi connectivity index (χ4v) is 2.49. The maximum absolute atomic E-state index is 11.7. The lowest BCUT2D eigenvalue weighted by Gasteiger charge is -2.24. The number of nitrogens with zero attached hydrogens (tertiary/aromatic N) is 3. The van der Waals surface area contributed by atoms with E-state index in [0.29, 0.717) is 25.2 Å². The fraction of sp³-hybridized carbons (Fsp3) is 0.867. The number of halogens is 1.